The summed E-state index contributed by atoms with van der Waals surface area (Å²) in [7, 11) is 0. The third-order valence-electron chi connectivity index (χ3n) is 13.2. The predicted molar refractivity (Wildman–Crippen MR) is 259 cm³/mol. The Morgan fingerprint density at radius 2 is 0.887 bits per heavy atom. The van der Waals surface area contributed by atoms with Gasteiger partial charge in [0.2, 0.25) is 0 Å². The van der Waals surface area contributed by atoms with E-state index >= 15 is 0 Å². The molecule has 12 rings (SSSR count). The highest BCUT2D eigenvalue weighted by Crippen LogP contribution is 2.53. The lowest BCUT2D eigenvalue weighted by atomic mass is 9.74. The van der Waals surface area contributed by atoms with Crippen LogP contribution in [-0.4, -0.2) is 9.97 Å². The molecule has 0 radical (unpaired) electrons. The molecule has 0 saturated carbocycles. The smallest absolute Gasteiger partial charge is 0.160 e. The highest BCUT2D eigenvalue weighted by atomic mass is 14.9. The van der Waals surface area contributed by atoms with E-state index in [0.29, 0.717) is 5.82 Å². The topological polar surface area (TPSA) is 25.8 Å². The maximum atomic E-state index is 5.37. The van der Waals surface area contributed by atoms with Gasteiger partial charge < -0.3 is 0 Å². The molecule has 0 spiro atoms. The summed E-state index contributed by atoms with van der Waals surface area (Å²) in [5.41, 5.74) is 15.8. The maximum absolute atomic E-state index is 5.37. The van der Waals surface area contributed by atoms with Crippen molar-refractivity contribution in [1.82, 2.24) is 9.97 Å². The first kappa shape index (κ1) is 36.0. The first-order valence-corrected chi connectivity index (χ1v) is 21.4. The highest BCUT2D eigenvalue weighted by molar-refractivity contribution is 6.20. The zero-order chi connectivity index (χ0) is 41.2. The minimum Gasteiger partial charge on any atom is -0.228 e. The lowest BCUT2D eigenvalue weighted by Crippen LogP contribution is -2.22. The Morgan fingerprint density at radius 3 is 1.68 bits per heavy atom. The summed E-state index contributed by atoms with van der Waals surface area (Å²) in [5.74, 6) is 0.694. The Kier molecular flexibility index (Phi) is 8.33. The molecule has 62 heavy (non-hydrogen) atoms. The van der Waals surface area contributed by atoms with Gasteiger partial charge in [0.15, 0.2) is 5.82 Å². The molecule has 290 valence electrons. The van der Waals surface area contributed by atoms with Crippen molar-refractivity contribution in [2.45, 2.75) is 12.3 Å². The molecular weight excluding hydrogens is 749 g/mol. The molecule has 0 saturated heterocycles. The SMILES string of the molecule is CC1(c2ccccc2)c2ccccc2-c2cc(-c3cc(-c4ccc(-c5ccccc5)cc4)nc(-c4ccc(-c5c6ccccc6cc6c5ccc5ccccc56)cc4)n3)ccc21. The third kappa shape index (κ3) is 5.79. The summed E-state index contributed by atoms with van der Waals surface area (Å²) >= 11 is 0. The first-order valence-electron chi connectivity index (χ1n) is 21.4. The normalized spacial score (nSPS) is 14.3. The largest absolute Gasteiger partial charge is 0.228 e. The molecule has 2 nitrogen and oxygen atoms in total. The molecular formula is C60H40N2. The fraction of sp³-hybridized carbons (Fsp3) is 0.0333. The second kappa shape index (κ2) is 14.4. The van der Waals surface area contributed by atoms with Crippen molar-refractivity contribution in [2.75, 3.05) is 0 Å². The zero-order valence-corrected chi connectivity index (χ0v) is 34.3. The molecule has 0 N–H and O–H groups in total. The van der Waals surface area contributed by atoms with Gasteiger partial charge in [-0.25, -0.2) is 9.97 Å². The summed E-state index contributed by atoms with van der Waals surface area (Å²) in [5, 5.41) is 7.50. The molecule has 0 aliphatic heterocycles. The average molecular weight is 789 g/mol. The van der Waals surface area contributed by atoms with Gasteiger partial charge in [-0.3, -0.25) is 0 Å². The minimum atomic E-state index is -0.265. The molecule has 2 heteroatoms. The number of aromatic nitrogens is 2. The van der Waals surface area contributed by atoms with E-state index in [1.165, 1.54) is 76.8 Å². The van der Waals surface area contributed by atoms with Crippen molar-refractivity contribution in [2.24, 2.45) is 0 Å². The Balaban J connectivity index is 1.01. The van der Waals surface area contributed by atoms with Crippen molar-refractivity contribution in [1.29, 1.82) is 0 Å². The lowest BCUT2D eigenvalue weighted by Gasteiger charge is -2.28. The fourth-order valence-corrected chi connectivity index (χ4v) is 10.00. The lowest BCUT2D eigenvalue weighted by molar-refractivity contribution is 0.714. The summed E-state index contributed by atoms with van der Waals surface area (Å²) < 4.78 is 0. The van der Waals surface area contributed by atoms with Gasteiger partial charge in [0, 0.05) is 22.1 Å². The van der Waals surface area contributed by atoms with Crippen molar-refractivity contribution < 1.29 is 0 Å². The van der Waals surface area contributed by atoms with Gasteiger partial charge in [0.1, 0.15) is 0 Å². The van der Waals surface area contributed by atoms with Crippen LogP contribution in [0.3, 0.4) is 0 Å². The number of benzene rings is 10. The molecule has 1 aliphatic carbocycles. The number of hydrogen-bond donors (Lipinski definition) is 0. The number of hydrogen-bond acceptors (Lipinski definition) is 2. The third-order valence-corrected chi connectivity index (χ3v) is 13.2. The van der Waals surface area contributed by atoms with Crippen molar-refractivity contribution in [3.05, 3.63) is 241 Å². The molecule has 11 aromatic rings. The van der Waals surface area contributed by atoms with E-state index in [0.717, 1.165) is 33.6 Å². The average Bonchev–Trinajstić information content (AvgIpc) is 3.61. The fourth-order valence-electron chi connectivity index (χ4n) is 10.00. The number of nitrogens with zero attached hydrogens (tertiary/aromatic N) is 2. The van der Waals surface area contributed by atoms with Crippen LogP contribution in [-0.2, 0) is 5.41 Å². The summed E-state index contributed by atoms with van der Waals surface area (Å²) in [6, 6.07) is 81.2. The molecule has 10 aromatic carbocycles. The van der Waals surface area contributed by atoms with Gasteiger partial charge in [-0.2, -0.15) is 0 Å². The van der Waals surface area contributed by atoms with E-state index < -0.39 is 0 Å². The Hall–Kier alpha value is -7.94. The highest BCUT2D eigenvalue weighted by Gasteiger charge is 2.40. The Bertz CT molecular complexity index is 3500. The summed E-state index contributed by atoms with van der Waals surface area (Å²) in [6.45, 7) is 2.36. The monoisotopic (exact) mass is 788 g/mol. The second-order valence-electron chi connectivity index (χ2n) is 16.6. The van der Waals surface area contributed by atoms with Gasteiger partial charge in [0.05, 0.1) is 11.4 Å². The van der Waals surface area contributed by atoms with E-state index in [1.807, 2.05) is 0 Å². The van der Waals surface area contributed by atoms with E-state index in [4.69, 9.17) is 9.97 Å². The molecule has 0 fully saturated rings. The maximum Gasteiger partial charge on any atom is 0.160 e. The Morgan fingerprint density at radius 1 is 0.323 bits per heavy atom. The quantitative estimate of drug-likeness (QED) is 0.124. The number of rotatable bonds is 6. The van der Waals surface area contributed by atoms with Crippen LogP contribution in [0.25, 0.3) is 99.6 Å². The van der Waals surface area contributed by atoms with E-state index in [2.05, 4.69) is 231 Å². The standard InChI is InChI=1S/C60H40N2/c1-60(47-18-6-3-7-19-47)54-23-13-12-22-50(54)53-37-46(33-35-55(53)60)57-38-56(42-26-24-40(25-27-42)39-14-4-2-5-15-39)61-59(62-57)44-30-28-43(29-31-44)58-49-21-11-9-17-45(49)36-52-48-20-10-8-16-41(48)32-34-51(52)58/h2-38H,1H3. The molecule has 1 unspecified atom stereocenters. The first-order chi connectivity index (χ1) is 30.6. The molecule has 0 amide bonds. The predicted octanol–water partition coefficient (Wildman–Crippen LogP) is 15.6. The van der Waals surface area contributed by atoms with Crippen LogP contribution in [0, 0.1) is 0 Å². The van der Waals surface area contributed by atoms with Crippen LogP contribution in [0.5, 0.6) is 0 Å². The summed E-state index contributed by atoms with van der Waals surface area (Å²) in [4.78, 5) is 10.7. The van der Waals surface area contributed by atoms with E-state index in [1.54, 1.807) is 0 Å². The van der Waals surface area contributed by atoms with Gasteiger partial charge in [-0.15, -0.1) is 0 Å². The van der Waals surface area contributed by atoms with Crippen molar-refractivity contribution in [3.8, 4) is 67.3 Å². The molecule has 1 atom stereocenters. The second-order valence-corrected chi connectivity index (χ2v) is 16.6. The van der Waals surface area contributed by atoms with Gasteiger partial charge in [-0.1, -0.05) is 206 Å². The van der Waals surface area contributed by atoms with Crippen molar-refractivity contribution >= 4 is 32.3 Å². The van der Waals surface area contributed by atoms with Gasteiger partial charge >= 0.3 is 0 Å². The van der Waals surface area contributed by atoms with Gasteiger partial charge in [-0.05, 0) is 108 Å². The van der Waals surface area contributed by atoms with Crippen LogP contribution in [0.4, 0.5) is 0 Å². The molecule has 0 bridgehead atoms. The van der Waals surface area contributed by atoms with Crippen LogP contribution >= 0.6 is 0 Å². The van der Waals surface area contributed by atoms with Crippen LogP contribution in [0.15, 0.2) is 224 Å². The van der Waals surface area contributed by atoms with E-state index in [-0.39, 0.29) is 5.41 Å². The van der Waals surface area contributed by atoms with E-state index in [9.17, 15) is 0 Å². The Labute approximate surface area is 361 Å². The minimum absolute atomic E-state index is 0.265. The van der Waals surface area contributed by atoms with Gasteiger partial charge in [0.25, 0.3) is 0 Å². The molecule has 1 aliphatic rings. The van der Waals surface area contributed by atoms with Crippen LogP contribution in [0.2, 0.25) is 0 Å². The number of fused-ring (bicyclic) bond motifs is 7. The van der Waals surface area contributed by atoms with Crippen molar-refractivity contribution in [3.63, 3.8) is 0 Å². The molecule has 1 heterocycles. The zero-order valence-electron chi connectivity index (χ0n) is 34.3. The summed E-state index contributed by atoms with van der Waals surface area (Å²) in [6.07, 6.45) is 0. The van der Waals surface area contributed by atoms with Crippen LogP contribution in [0.1, 0.15) is 23.6 Å². The molecule has 1 aromatic heterocycles. The van der Waals surface area contributed by atoms with Crippen LogP contribution < -0.4 is 0 Å².